The average molecular weight is 315 g/mol. The number of benzene rings is 1. The molecule has 0 saturated heterocycles. The fraction of sp³-hybridized carbons (Fsp3) is 0.0667. The normalized spacial score (nSPS) is 10.8. The first-order valence-corrected chi connectivity index (χ1v) is 6.72. The summed E-state index contributed by atoms with van der Waals surface area (Å²) in [6.07, 6.45) is 5.35. The lowest BCUT2D eigenvalue weighted by atomic mass is 10.1. The third-order valence-corrected chi connectivity index (χ3v) is 3.76. The van der Waals surface area contributed by atoms with Crippen LogP contribution in [0.15, 0.2) is 53.3 Å². The minimum absolute atomic E-state index is 0.650. The summed E-state index contributed by atoms with van der Waals surface area (Å²) in [6, 6.07) is 11.7. The molecule has 0 saturated carbocycles. The number of imidazole rings is 1. The Kier molecular flexibility index (Phi) is 3.17. The Bertz CT molecular complexity index is 749. The van der Waals surface area contributed by atoms with Gasteiger partial charge in [-0.1, -0.05) is 34.1 Å². The van der Waals surface area contributed by atoms with Gasteiger partial charge in [-0.25, -0.2) is 4.98 Å². The molecular weight excluding hydrogens is 304 g/mol. The van der Waals surface area contributed by atoms with E-state index in [1.807, 2.05) is 34.9 Å². The van der Waals surface area contributed by atoms with Crippen molar-refractivity contribution in [1.82, 2.24) is 9.38 Å². The molecule has 2 aromatic heterocycles. The minimum Gasteiger partial charge on any atom is -0.306 e. The van der Waals surface area contributed by atoms with Crippen molar-refractivity contribution >= 4 is 27.9 Å². The van der Waals surface area contributed by atoms with E-state index in [0.717, 1.165) is 28.5 Å². The van der Waals surface area contributed by atoms with Crippen LogP contribution >= 0.6 is 15.9 Å². The summed E-state index contributed by atoms with van der Waals surface area (Å²) in [5.74, 6) is 0. The molecule has 2 heterocycles. The van der Waals surface area contributed by atoms with E-state index in [0.29, 0.717) is 5.56 Å². The second-order valence-corrected chi connectivity index (χ2v) is 5.20. The van der Waals surface area contributed by atoms with Gasteiger partial charge in [0.25, 0.3) is 0 Å². The van der Waals surface area contributed by atoms with Crippen molar-refractivity contribution < 1.29 is 4.79 Å². The second kappa shape index (κ2) is 4.97. The number of aromatic nitrogens is 2. The Hall–Kier alpha value is -1.94. The monoisotopic (exact) mass is 314 g/mol. The first-order valence-electron chi connectivity index (χ1n) is 5.92. The number of carbonyl (C=O) groups is 1. The largest absolute Gasteiger partial charge is 0.306 e. The smallest absolute Gasteiger partial charge is 0.151 e. The van der Waals surface area contributed by atoms with Crippen molar-refractivity contribution in [2.24, 2.45) is 0 Å². The van der Waals surface area contributed by atoms with Gasteiger partial charge in [0, 0.05) is 28.9 Å². The first kappa shape index (κ1) is 12.1. The maximum atomic E-state index is 10.8. The molecule has 3 rings (SSSR count). The molecule has 3 aromatic rings. The van der Waals surface area contributed by atoms with Crippen LogP contribution in [0.1, 0.15) is 21.6 Å². The highest BCUT2D eigenvalue weighted by atomic mass is 79.9. The zero-order valence-corrected chi connectivity index (χ0v) is 11.7. The third-order valence-electron chi connectivity index (χ3n) is 2.99. The van der Waals surface area contributed by atoms with Crippen LogP contribution in [-0.2, 0) is 6.42 Å². The van der Waals surface area contributed by atoms with E-state index < -0.39 is 0 Å². The molecule has 0 aliphatic carbocycles. The van der Waals surface area contributed by atoms with Gasteiger partial charge in [-0.05, 0) is 23.8 Å². The van der Waals surface area contributed by atoms with E-state index in [-0.39, 0.29) is 0 Å². The topological polar surface area (TPSA) is 34.4 Å². The Balaban J connectivity index is 1.98. The number of carbonyl (C=O) groups excluding carboxylic acids is 1. The number of hydrogen-bond acceptors (Lipinski definition) is 2. The lowest BCUT2D eigenvalue weighted by Crippen LogP contribution is -1.89. The number of rotatable bonds is 3. The number of hydrogen-bond donors (Lipinski definition) is 0. The summed E-state index contributed by atoms with van der Waals surface area (Å²) in [7, 11) is 0. The van der Waals surface area contributed by atoms with Crippen LogP contribution in [-0.4, -0.2) is 15.7 Å². The Morgan fingerprint density at radius 1 is 1.16 bits per heavy atom. The van der Waals surface area contributed by atoms with Crippen molar-refractivity contribution in [2.75, 3.05) is 0 Å². The fourth-order valence-electron chi connectivity index (χ4n) is 2.05. The molecule has 0 atom stereocenters. The van der Waals surface area contributed by atoms with E-state index in [4.69, 9.17) is 0 Å². The summed E-state index contributed by atoms with van der Waals surface area (Å²) in [4.78, 5) is 15.3. The maximum Gasteiger partial charge on any atom is 0.151 e. The average Bonchev–Trinajstić information content (AvgIpc) is 2.82. The van der Waals surface area contributed by atoms with Gasteiger partial charge in [0.2, 0.25) is 0 Å². The maximum absolute atomic E-state index is 10.8. The van der Waals surface area contributed by atoms with Gasteiger partial charge >= 0.3 is 0 Å². The molecule has 0 unspecified atom stereocenters. The molecule has 0 spiro atoms. The Morgan fingerprint density at radius 2 is 2.00 bits per heavy atom. The molecule has 1 aromatic carbocycles. The fourth-order valence-corrected chi connectivity index (χ4v) is 2.48. The molecule has 0 aliphatic heterocycles. The van der Waals surface area contributed by atoms with Crippen LogP contribution in [0.25, 0.3) is 5.65 Å². The van der Waals surface area contributed by atoms with E-state index in [1.165, 1.54) is 5.56 Å². The lowest BCUT2D eigenvalue weighted by molar-refractivity contribution is 0.112. The lowest BCUT2D eigenvalue weighted by Gasteiger charge is -2.00. The molecule has 0 radical (unpaired) electrons. The van der Waals surface area contributed by atoms with E-state index >= 15 is 0 Å². The predicted octanol–water partition coefficient (Wildman–Crippen LogP) is 3.50. The highest BCUT2D eigenvalue weighted by molar-refractivity contribution is 9.10. The Morgan fingerprint density at radius 3 is 2.79 bits per heavy atom. The van der Waals surface area contributed by atoms with Crippen molar-refractivity contribution in [2.45, 2.75) is 6.42 Å². The third kappa shape index (κ3) is 2.44. The van der Waals surface area contributed by atoms with Crippen LogP contribution < -0.4 is 0 Å². The molecule has 94 valence electrons. The molecule has 3 nitrogen and oxygen atoms in total. The molecular formula is C15H11BrN2O. The second-order valence-electron chi connectivity index (χ2n) is 4.35. The van der Waals surface area contributed by atoms with Gasteiger partial charge in [-0.2, -0.15) is 0 Å². The number of pyridine rings is 1. The summed E-state index contributed by atoms with van der Waals surface area (Å²) in [5, 5.41) is 0. The summed E-state index contributed by atoms with van der Waals surface area (Å²) < 4.78 is 2.97. The zero-order valence-electron chi connectivity index (χ0n) is 10.1. The van der Waals surface area contributed by atoms with Crippen LogP contribution in [0.3, 0.4) is 0 Å². The standard InChI is InChI=1S/C15H11BrN2O/c16-14-4-2-1-3-12(14)7-13-9-18-8-11(10-19)5-6-15(18)17-13/h1-6,8-10H,7H2. The molecule has 0 aliphatic rings. The van der Waals surface area contributed by atoms with Gasteiger partial charge in [0.15, 0.2) is 6.29 Å². The van der Waals surface area contributed by atoms with E-state index in [1.54, 1.807) is 12.3 Å². The van der Waals surface area contributed by atoms with Gasteiger partial charge in [0.05, 0.1) is 5.69 Å². The number of halogens is 1. The molecule has 0 N–H and O–H groups in total. The zero-order chi connectivity index (χ0) is 13.2. The predicted molar refractivity (Wildman–Crippen MR) is 77.5 cm³/mol. The van der Waals surface area contributed by atoms with Crippen LogP contribution in [0.2, 0.25) is 0 Å². The van der Waals surface area contributed by atoms with Gasteiger partial charge < -0.3 is 4.40 Å². The van der Waals surface area contributed by atoms with Crippen LogP contribution in [0, 0.1) is 0 Å². The van der Waals surface area contributed by atoms with Gasteiger partial charge in [0.1, 0.15) is 5.65 Å². The van der Waals surface area contributed by atoms with Gasteiger partial charge in [-0.15, -0.1) is 0 Å². The molecule has 0 fully saturated rings. The van der Waals surface area contributed by atoms with Crippen LogP contribution in [0.4, 0.5) is 0 Å². The van der Waals surface area contributed by atoms with Crippen molar-refractivity contribution in [3.63, 3.8) is 0 Å². The van der Waals surface area contributed by atoms with Gasteiger partial charge in [-0.3, -0.25) is 4.79 Å². The minimum atomic E-state index is 0.650. The van der Waals surface area contributed by atoms with Crippen LogP contribution in [0.5, 0.6) is 0 Å². The number of aldehydes is 1. The van der Waals surface area contributed by atoms with Crippen molar-refractivity contribution in [3.8, 4) is 0 Å². The first-order chi connectivity index (χ1) is 9.26. The SMILES string of the molecule is O=Cc1ccc2nc(Cc3ccccc3Br)cn2c1. The van der Waals surface area contributed by atoms with E-state index in [2.05, 4.69) is 27.0 Å². The number of fused-ring (bicyclic) bond motifs is 1. The highest BCUT2D eigenvalue weighted by Crippen LogP contribution is 2.19. The van der Waals surface area contributed by atoms with E-state index in [9.17, 15) is 4.79 Å². The Labute approximate surface area is 119 Å². The number of nitrogens with zero attached hydrogens (tertiary/aromatic N) is 2. The molecule has 19 heavy (non-hydrogen) atoms. The van der Waals surface area contributed by atoms with Crippen molar-refractivity contribution in [3.05, 3.63) is 70.1 Å². The summed E-state index contributed by atoms with van der Waals surface area (Å²) in [5.41, 5.74) is 3.68. The highest BCUT2D eigenvalue weighted by Gasteiger charge is 2.05. The van der Waals surface area contributed by atoms with Crippen molar-refractivity contribution in [1.29, 1.82) is 0 Å². The molecule has 0 amide bonds. The molecule has 0 bridgehead atoms. The molecule has 4 heteroatoms. The summed E-state index contributed by atoms with van der Waals surface area (Å²) in [6.45, 7) is 0. The quantitative estimate of drug-likeness (QED) is 0.693. The summed E-state index contributed by atoms with van der Waals surface area (Å²) >= 11 is 3.54.